The summed E-state index contributed by atoms with van der Waals surface area (Å²) in [6, 6.07) is 4.43. The Morgan fingerprint density at radius 1 is 0.393 bits per heavy atom. The fourth-order valence-electron chi connectivity index (χ4n) is 12.7. The van der Waals surface area contributed by atoms with E-state index in [9.17, 15) is 17.6 Å². The lowest BCUT2D eigenvalue weighted by Crippen LogP contribution is -2.32. The zero-order valence-corrected chi connectivity index (χ0v) is 38.0. The van der Waals surface area contributed by atoms with Crippen LogP contribution < -0.4 is 0 Å². The number of hydrogen-bond donors (Lipinski definition) is 0. The summed E-state index contributed by atoms with van der Waals surface area (Å²) in [7, 11) is 0. The van der Waals surface area contributed by atoms with Gasteiger partial charge in [0.25, 0.3) is 0 Å². The zero-order chi connectivity index (χ0) is 43.1. The fraction of sp³-hybridized carbons (Fsp3) is 0.778. The van der Waals surface area contributed by atoms with Crippen molar-refractivity contribution in [2.45, 2.75) is 219 Å². The van der Waals surface area contributed by atoms with Crippen LogP contribution in [-0.4, -0.2) is 0 Å². The average molecular weight is 859 g/mol. The van der Waals surface area contributed by atoms with Gasteiger partial charge in [0, 0.05) is 11.1 Å². The standard InChI is InChI=1S/C54H80F6O/c1-3-5-7-9-11-13-15-37-17-21-39(22-18-37)41-25-29-43(30-26-41)53(45-33-35-47(55)51(59)49(45)57)61-54(46-34-36-48(56)52(60)50(46)58)44-31-27-42(28-32-44)40-23-19-38(20-24-40)16-14-12-10-8-6-4-2/h33-44,53-54H,3-32H2,1-2H3/t37-,38-,39-,40-,41-,42-,43-,44-,53?,54?. The van der Waals surface area contributed by atoms with Gasteiger partial charge in [-0.05, 0) is 137 Å². The van der Waals surface area contributed by atoms with Crippen LogP contribution in [0, 0.1) is 82.2 Å². The quantitative estimate of drug-likeness (QED) is 0.0651. The highest BCUT2D eigenvalue weighted by molar-refractivity contribution is 5.26. The Bertz CT molecular complexity index is 1450. The molecule has 0 N–H and O–H groups in total. The molecule has 4 aliphatic carbocycles. The van der Waals surface area contributed by atoms with E-state index in [1.54, 1.807) is 0 Å². The molecule has 344 valence electrons. The van der Waals surface area contributed by atoms with Crippen molar-refractivity contribution in [3.05, 3.63) is 70.3 Å². The van der Waals surface area contributed by atoms with Crippen LogP contribution in [0.2, 0.25) is 0 Å². The molecule has 7 heteroatoms. The van der Waals surface area contributed by atoms with Gasteiger partial charge in [0.05, 0.1) is 12.2 Å². The van der Waals surface area contributed by atoms with Gasteiger partial charge in [0.1, 0.15) is 0 Å². The molecule has 61 heavy (non-hydrogen) atoms. The minimum absolute atomic E-state index is 0.0723. The molecule has 0 saturated heterocycles. The van der Waals surface area contributed by atoms with Gasteiger partial charge in [-0.3, -0.25) is 0 Å². The van der Waals surface area contributed by atoms with Crippen molar-refractivity contribution in [2.24, 2.45) is 47.3 Å². The number of halogens is 6. The molecule has 4 fully saturated rings. The van der Waals surface area contributed by atoms with Crippen LogP contribution in [0.1, 0.15) is 230 Å². The number of benzene rings is 2. The van der Waals surface area contributed by atoms with Gasteiger partial charge in [-0.2, -0.15) is 0 Å². The van der Waals surface area contributed by atoms with Gasteiger partial charge in [-0.25, -0.2) is 26.3 Å². The Morgan fingerprint density at radius 3 is 1.05 bits per heavy atom. The molecule has 1 nitrogen and oxygen atoms in total. The third kappa shape index (κ3) is 13.5. The van der Waals surface area contributed by atoms with E-state index in [0.29, 0.717) is 23.7 Å². The van der Waals surface area contributed by atoms with Crippen LogP contribution in [0.15, 0.2) is 24.3 Å². The highest BCUT2D eigenvalue weighted by Crippen LogP contribution is 2.51. The average Bonchev–Trinajstić information content (AvgIpc) is 3.29. The summed E-state index contributed by atoms with van der Waals surface area (Å²) in [5.74, 6) is -4.52. The summed E-state index contributed by atoms with van der Waals surface area (Å²) in [6.45, 7) is 4.52. The number of ether oxygens (including phenoxy) is 1. The number of rotatable bonds is 22. The largest absolute Gasteiger partial charge is 0.365 e. The first-order valence-corrected chi connectivity index (χ1v) is 25.6. The van der Waals surface area contributed by atoms with E-state index >= 15 is 8.78 Å². The molecule has 6 rings (SSSR count). The minimum Gasteiger partial charge on any atom is -0.365 e. The molecule has 0 bridgehead atoms. The van der Waals surface area contributed by atoms with E-state index in [0.717, 1.165) is 75.3 Å². The van der Waals surface area contributed by atoms with E-state index in [2.05, 4.69) is 13.8 Å². The second-order valence-corrected chi connectivity index (χ2v) is 20.5. The Kier molecular flexibility index (Phi) is 19.8. The van der Waals surface area contributed by atoms with Crippen molar-refractivity contribution in [1.29, 1.82) is 0 Å². The molecule has 0 amide bonds. The van der Waals surface area contributed by atoms with E-state index in [1.807, 2.05) is 0 Å². The van der Waals surface area contributed by atoms with Crippen molar-refractivity contribution in [3.8, 4) is 0 Å². The fourth-order valence-corrected chi connectivity index (χ4v) is 12.7. The van der Waals surface area contributed by atoms with Crippen LogP contribution >= 0.6 is 0 Å². The summed E-state index contributed by atoms with van der Waals surface area (Å²) in [6.07, 6.45) is 33.5. The van der Waals surface area contributed by atoms with Crippen molar-refractivity contribution in [2.75, 3.05) is 0 Å². The van der Waals surface area contributed by atoms with Gasteiger partial charge in [0.15, 0.2) is 34.9 Å². The van der Waals surface area contributed by atoms with E-state index in [-0.39, 0.29) is 23.0 Å². The number of unbranched alkanes of at least 4 members (excludes halogenated alkanes) is 10. The lowest BCUT2D eigenvalue weighted by atomic mass is 9.67. The first kappa shape index (κ1) is 48.4. The molecule has 2 unspecified atom stereocenters. The van der Waals surface area contributed by atoms with E-state index in [1.165, 1.54) is 153 Å². The van der Waals surface area contributed by atoms with Crippen molar-refractivity contribution < 1.29 is 31.1 Å². The van der Waals surface area contributed by atoms with Crippen molar-refractivity contribution in [3.63, 3.8) is 0 Å². The SMILES string of the molecule is CCCCCCCC[C@H]1CC[C@H]([C@H]2CC[C@H](C(OC(c3ccc(F)c(F)c3F)[C@H]3CC[C@H]([C@H]4CC[C@H](CCCCCCCC)CC4)CC3)c3ccc(F)c(F)c3F)CC2)CC1. The van der Waals surface area contributed by atoms with Gasteiger partial charge in [-0.1, -0.05) is 142 Å². The van der Waals surface area contributed by atoms with Crippen LogP contribution in [0.25, 0.3) is 0 Å². The first-order chi connectivity index (χ1) is 29.7. The summed E-state index contributed by atoms with van der Waals surface area (Å²) >= 11 is 0. The molecule has 2 aromatic rings. The maximum atomic E-state index is 15.9. The maximum Gasteiger partial charge on any atom is 0.194 e. The Morgan fingerprint density at radius 2 is 0.705 bits per heavy atom. The van der Waals surface area contributed by atoms with Crippen LogP contribution in [-0.2, 0) is 4.74 Å². The molecule has 4 saturated carbocycles. The molecular weight excluding hydrogens is 779 g/mol. The van der Waals surface area contributed by atoms with Crippen molar-refractivity contribution >= 4 is 0 Å². The normalized spacial score (nSPS) is 28.5. The molecule has 0 heterocycles. The lowest BCUT2D eigenvalue weighted by molar-refractivity contribution is -0.0963. The molecule has 2 atom stereocenters. The van der Waals surface area contributed by atoms with E-state index in [4.69, 9.17) is 4.74 Å². The van der Waals surface area contributed by atoms with E-state index < -0.39 is 47.1 Å². The second kappa shape index (κ2) is 24.9. The van der Waals surface area contributed by atoms with Crippen LogP contribution in [0.4, 0.5) is 26.3 Å². The van der Waals surface area contributed by atoms with Crippen molar-refractivity contribution in [1.82, 2.24) is 0 Å². The second-order valence-electron chi connectivity index (χ2n) is 20.5. The first-order valence-electron chi connectivity index (χ1n) is 25.6. The molecule has 4 aliphatic rings. The highest BCUT2D eigenvalue weighted by atomic mass is 19.2. The topological polar surface area (TPSA) is 9.23 Å². The number of hydrogen-bond acceptors (Lipinski definition) is 1. The molecule has 0 radical (unpaired) electrons. The summed E-state index contributed by atoms with van der Waals surface area (Å²) in [5, 5.41) is 0. The predicted octanol–water partition coefficient (Wildman–Crippen LogP) is 18.0. The summed E-state index contributed by atoms with van der Waals surface area (Å²) in [4.78, 5) is 0. The molecular formula is C54H80F6O. The lowest BCUT2D eigenvalue weighted by Gasteiger charge is -2.43. The van der Waals surface area contributed by atoms with Crippen LogP contribution in [0.5, 0.6) is 0 Å². The zero-order valence-electron chi connectivity index (χ0n) is 38.0. The Balaban J connectivity index is 1.10. The Labute approximate surface area is 366 Å². The Hall–Kier alpha value is -2.02. The molecule has 0 spiro atoms. The minimum atomic E-state index is -1.55. The summed E-state index contributed by atoms with van der Waals surface area (Å²) in [5.41, 5.74) is -0.145. The smallest absolute Gasteiger partial charge is 0.194 e. The maximum absolute atomic E-state index is 15.9. The van der Waals surface area contributed by atoms with Gasteiger partial charge < -0.3 is 4.74 Å². The predicted molar refractivity (Wildman–Crippen MR) is 237 cm³/mol. The molecule has 2 aromatic carbocycles. The monoisotopic (exact) mass is 859 g/mol. The van der Waals surface area contributed by atoms with Gasteiger partial charge in [0.2, 0.25) is 0 Å². The van der Waals surface area contributed by atoms with Gasteiger partial charge >= 0.3 is 0 Å². The summed E-state index contributed by atoms with van der Waals surface area (Å²) < 4.78 is 97.4. The third-order valence-electron chi connectivity index (χ3n) is 16.6. The third-order valence-corrected chi connectivity index (χ3v) is 16.6. The molecule has 0 aliphatic heterocycles. The van der Waals surface area contributed by atoms with Crippen LogP contribution in [0.3, 0.4) is 0 Å². The van der Waals surface area contributed by atoms with Gasteiger partial charge in [-0.15, -0.1) is 0 Å². The molecule has 0 aromatic heterocycles. The highest BCUT2D eigenvalue weighted by Gasteiger charge is 2.41.